The predicted molar refractivity (Wildman–Crippen MR) is 150 cm³/mol. The Kier molecular flexibility index (Phi) is 7.97. The summed E-state index contributed by atoms with van der Waals surface area (Å²) in [6.45, 7) is 0.467. The molecule has 0 aliphatic carbocycles. The van der Waals surface area contributed by atoms with Crippen molar-refractivity contribution in [3.05, 3.63) is 115 Å². The van der Waals surface area contributed by atoms with E-state index in [1.165, 1.54) is 29.2 Å². The molecule has 4 aromatic rings. The van der Waals surface area contributed by atoms with Crippen LogP contribution in [0.4, 0.5) is 19.1 Å². The molecule has 0 fully saturated rings. The largest absolute Gasteiger partial charge is 0.497 e. The lowest BCUT2D eigenvalue weighted by Crippen LogP contribution is -2.40. The van der Waals surface area contributed by atoms with Gasteiger partial charge in [0, 0.05) is 24.2 Å². The maximum Gasteiger partial charge on any atom is 0.416 e. The molecule has 1 aromatic heterocycles. The zero-order valence-corrected chi connectivity index (χ0v) is 23.1. The lowest BCUT2D eigenvalue weighted by atomic mass is 10.0. The van der Waals surface area contributed by atoms with Crippen LogP contribution in [-0.4, -0.2) is 34.0 Å². The standard InChI is InChI=1S/C29H23Cl2F3N4O3/c1-41-21-8-5-17(6-9-21)15-35-28-36-25-16-37(26(39)18-7-10-23(30)24(31)13-18)12-11-22(25)27(40)38(28)20-4-2-3-19(14-20)29(32,33)34/h2-10,13-14H,11-12,15-16H2,1H3,(H,35,36). The molecule has 5 rings (SSSR count). The average Bonchev–Trinajstić information content (AvgIpc) is 2.96. The molecule has 7 nitrogen and oxygen atoms in total. The van der Waals surface area contributed by atoms with Gasteiger partial charge in [-0.15, -0.1) is 0 Å². The summed E-state index contributed by atoms with van der Waals surface area (Å²) in [5, 5.41) is 3.65. The molecule has 1 aliphatic heterocycles. The van der Waals surface area contributed by atoms with Crippen molar-refractivity contribution in [2.24, 2.45) is 0 Å². The lowest BCUT2D eigenvalue weighted by molar-refractivity contribution is -0.137. The van der Waals surface area contributed by atoms with Gasteiger partial charge in [-0.25, -0.2) is 9.55 Å². The molecule has 212 valence electrons. The van der Waals surface area contributed by atoms with Crippen molar-refractivity contribution in [1.29, 1.82) is 0 Å². The number of fused-ring (bicyclic) bond motifs is 1. The van der Waals surface area contributed by atoms with E-state index in [1.807, 2.05) is 12.1 Å². The molecule has 0 saturated heterocycles. The molecule has 0 bridgehead atoms. The van der Waals surface area contributed by atoms with Gasteiger partial charge >= 0.3 is 6.18 Å². The van der Waals surface area contributed by atoms with Crippen molar-refractivity contribution in [1.82, 2.24) is 14.5 Å². The summed E-state index contributed by atoms with van der Waals surface area (Å²) < 4.78 is 46.9. The van der Waals surface area contributed by atoms with Crippen LogP contribution >= 0.6 is 23.2 Å². The molecule has 0 atom stereocenters. The number of anilines is 1. The first-order chi connectivity index (χ1) is 19.5. The molecule has 3 aromatic carbocycles. The second-order valence-corrected chi connectivity index (χ2v) is 10.2. The zero-order chi connectivity index (χ0) is 29.3. The van der Waals surface area contributed by atoms with Gasteiger partial charge in [-0.1, -0.05) is 41.4 Å². The van der Waals surface area contributed by atoms with Crippen molar-refractivity contribution in [3.8, 4) is 11.4 Å². The molecule has 12 heteroatoms. The monoisotopic (exact) mass is 602 g/mol. The highest BCUT2D eigenvalue weighted by molar-refractivity contribution is 6.42. The number of rotatable bonds is 6. The van der Waals surface area contributed by atoms with Gasteiger partial charge in [-0.05, 0) is 60.5 Å². The Morgan fingerprint density at radius 3 is 2.49 bits per heavy atom. The van der Waals surface area contributed by atoms with Gasteiger partial charge in [-0.2, -0.15) is 13.2 Å². The summed E-state index contributed by atoms with van der Waals surface area (Å²) in [5.41, 5.74) is 0.465. The van der Waals surface area contributed by atoms with E-state index < -0.39 is 17.3 Å². The summed E-state index contributed by atoms with van der Waals surface area (Å²) in [7, 11) is 1.55. The number of methoxy groups -OCH3 is 1. The van der Waals surface area contributed by atoms with Crippen LogP contribution in [0.25, 0.3) is 5.69 Å². The Morgan fingerprint density at radius 1 is 1.05 bits per heavy atom. The van der Waals surface area contributed by atoms with Gasteiger partial charge in [0.25, 0.3) is 11.5 Å². The van der Waals surface area contributed by atoms with E-state index in [0.717, 1.165) is 22.3 Å². The van der Waals surface area contributed by atoms with Gasteiger partial charge < -0.3 is 15.0 Å². The van der Waals surface area contributed by atoms with E-state index in [4.69, 9.17) is 27.9 Å². The molecule has 2 heterocycles. The highest BCUT2D eigenvalue weighted by Crippen LogP contribution is 2.31. The first-order valence-electron chi connectivity index (χ1n) is 12.5. The third kappa shape index (κ3) is 6.03. The minimum absolute atomic E-state index is 0.0201. The number of benzene rings is 3. The van der Waals surface area contributed by atoms with Crippen LogP contribution in [0.2, 0.25) is 10.0 Å². The number of amides is 1. The van der Waals surface area contributed by atoms with Crippen LogP contribution in [0.15, 0.2) is 71.5 Å². The fourth-order valence-electron chi connectivity index (χ4n) is 4.58. The summed E-state index contributed by atoms with van der Waals surface area (Å²) in [6, 6.07) is 16.3. The van der Waals surface area contributed by atoms with Crippen LogP contribution in [-0.2, 0) is 25.7 Å². The smallest absolute Gasteiger partial charge is 0.416 e. The zero-order valence-electron chi connectivity index (χ0n) is 21.6. The maximum absolute atomic E-state index is 13.8. The third-order valence-corrected chi connectivity index (χ3v) is 7.47. The minimum Gasteiger partial charge on any atom is -0.497 e. The van der Waals surface area contributed by atoms with Gasteiger partial charge in [0.2, 0.25) is 5.95 Å². The van der Waals surface area contributed by atoms with E-state index in [1.54, 1.807) is 25.3 Å². The fourth-order valence-corrected chi connectivity index (χ4v) is 4.88. The molecule has 0 saturated carbocycles. The lowest BCUT2D eigenvalue weighted by Gasteiger charge is -2.29. The molecule has 1 amide bonds. The Hall–Kier alpha value is -4.02. The quantitative estimate of drug-likeness (QED) is 0.277. The number of hydrogen-bond acceptors (Lipinski definition) is 5. The number of nitrogens with one attached hydrogen (secondary N) is 1. The second-order valence-electron chi connectivity index (χ2n) is 9.36. The van der Waals surface area contributed by atoms with Crippen molar-refractivity contribution < 1.29 is 22.7 Å². The van der Waals surface area contributed by atoms with Crippen molar-refractivity contribution in [2.45, 2.75) is 25.7 Å². The Labute approximate surface area is 243 Å². The number of ether oxygens (including phenoxy) is 1. The minimum atomic E-state index is -4.59. The molecule has 0 spiro atoms. The average molecular weight is 603 g/mol. The van der Waals surface area contributed by atoms with Crippen LogP contribution in [0.1, 0.15) is 32.7 Å². The number of halogens is 5. The first-order valence-corrected chi connectivity index (χ1v) is 13.2. The highest BCUT2D eigenvalue weighted by atomic mass is 35.5. The third-order valence-electron chi connectivity index (χ3n) is 6.73. The van der Waals surface area contributed by atoms with Gasteiger partial charge in [0.1, 0.15) is 5.75 Å². The predicted octanol–water partition coefficient (Wildman–Crippen LogP) is 6.38. The van der Waals surface area contributed by atoms with Gasteiger partial charge in [0.05, 0.1) is 40.6 Å². The number of hydrogen-bond donors (Lipinski definition) is 1. The maximum atomic E-state index is 13.8. The summed E-state index contributed by atoms with van der Waals surface area (Å²) in [5.74, 6) is 0.395. The normalized spacial score (nSPS) is 13.1. The summed E-state index contributed by atoms with van der Waals surface area (Å²) >= 11 is 12.1. The molecule has 1 N–H and O–H groups in total. The van der Waals surface area contributed by atoms with Crippen molar-refractivity contribution >= 4 is 35.1 Å². The van der Waals surface area contributed by atoms with Crippen LogP contribution in [0, 0.1) is 0 Å². The number of carbonyl (C=O) groups is 1. The second kappa shape index (κ2) is 11.5. The topological polar surface area (TPSA) is 76.5 Å². The van der Waals surface area contributed by atoms with Crippen LogP contribution < -0.4 is 15.6 Å². The number of aromatic nitrogens is 2. The fraction of sp³-hybridized carbons (Fsp3) is 0.207. The first kappa shape index (κ1) is 28.5. The Bertz CT molecular complexity index is 1670. The van der Waals surface area contributed by atoms with Crippen molar-refractivity contribution in [3.63, 3.8) is 0 Å². The van der Waals surface area contributed by atoms with Crippen LogP contribution in [0.5, 0.6) is 5.75 Å². The SMILES string of the molecule is COc1ccc(CNc2nc3c(c(=O)n2-c2cccc(C(F)(F)F)c2)CCN(C(=O)c2ccc(Cl)c(Cl)c2)C3)cc1. The Balaban J connectivity index is 1.53. The molecule has 0 radical (unpaired) electrons. The molecule has 41 heavy (non-hydrogen) atoms. The van der Waals surface area contributed by atoms with Gasteiger partial charge in [0.15, 0.2) is 0 Å². The number of carbonyl (C=O) groups excluding carboxylic acids is 1. The number of nitrogens with zero attached hydrogens (tertiary/aromatic N) is 3. The summed E-state index contributed by atoms with van der Waals surface area (Å²) in [6.07, 6.45) is -4.42. The van der Waals surface area contributed by atoms with E-state index in [9.17, 15) is 22.8 Å². The summed E-state index contributed by atoms with van der Waals surface area (Å²) in [4.78, 5) is 33.2. The van der Waals surface area contributed by atoms with E-state index in [2.05, 4.69) is 10.3 Å². The van der Waals surface area contributed by atoms with Crippen molar-refractivity contribution in [2.75, 3.05) is 19.0 Å². The molecule has 0 unspecified atom stereocenters. The molecular weight excluding hydrogens is 580 g/mol. The van der Waals surface area contributed by atoms with Gasteiger partial charge in [-0.3, -0.25) is 9.59 Å². The van der Waals surface area contributed by atoms with E-state index in [-0.39, 0.29) is 48.6 Å². The molecule has 1 aliphatic rings. The van der Waals surface area contributed by atoms with Crippen LogP contribution in [0.3, 0.4) is 0 Å². The Morgan fingerprint density at radius 2 is 1.80 bits per heavy atom. The highest BCUT2D eigenvalue weighted by Gasteiger charge is 2.32. The number of alkyl halides is 3. The van der Waals surface area contributed by atoms with E-state index in [0.29, 0.717) is 27.6 Å². The van der Waals surface area contributed by atoms with E-state index >= 15 is 0 Å². The molecular formula is C29H23Cl2F3N4O3.